The fourth-order valence-corrected chi connectivity index (χ4v) is 11.0. The summed E-state index contributed by atoms with van der Waals surface area (Å²) in [6.07, 6.45) is -4.02. The standard InChI is InChI=1S/C34H25F4N3O5S2/c35-17-7-9-18(10-8-17)39-23(42)14-46-20-6-1-3-15(11-20)24-25-21-13-22(28(25)47-30-29(24)48-33(45)40-30)27-26(21)31(43)41(32(27)44)19-5-2-4-16(12-19)34(36,37)38/h1-12,21-22,24-28H,13-14H2,(H,39,42)(H,40,45)/t21-,22-,24-,25?,26?,27?,28?/m1/s1. The highest BCUT2D eigenvalue weighted by Crippen LogP contribution is 2.68. The van der Waals surface area contributed by atoms with Crippen molar-refractivity contribution in [2.24, 2.45) is 29.6 Å². The van der Waals surface area contributed by atoms with Gasteiger partial charge in [0.1, 0.15) is 11.6 Å². The first-order valence-corrected chi connectivity index (χ1v) is 16.9. The average molecular weight is 696 g/mol. The number of imide groups is 1. The minimum Gasteiger partial charge on any atom is -0.484 e. The number of aromatic amines is 1. The number of carbonyl (C=O) groups excluding carboxylic acids is 3. The van der Waals surface area contributed by atoms with Crippen LogP contribution >= 0.6 is 23.1 Å². The summed E-state index contributed by atoms with van der Waals surface area (Å²) >= 11 is 2.59. The number of rotatable bonds is 6. The third-order valence-electron chi connectivity index (χ3n) is 9.87. The van der Waals surface area contributed by atoms with E-state index in [9.17, 15) is 36.7 Å². The van der Waals surface area contributed by atoms with Gasteiger partial charge < -0.3 is 15.0 Å². The maximum atomic E-state index is 14.0. The number of hydrogen-bond donors (Lipinski definition) is 2. The first-order valence-electron chi connectivity index (χ1n) is 15.2. The topological polar surface area (TPSA) is 109 Å². The van der Waals surface area contributed by atoms with Crippen LogP contribution in [-0.4, -0.2) is 34.6 Å². The molecule has 4 aliphatic rings. The Kier molecular flexibility index (Phi) is 7.29. The Morgan fingerprint density at radius 1 is 0.958 bits per heavy atom. The van der Waals surface area contributed by atoms with Crippen LogP contribution in [0, 0.1) is 35.4 Å². The molecule has 3 heterocycles. The summed E-state index contributed by atoms with van der Waals surface area (Å²) in [7, 11) is 0. The molecule has 0 spiro atoms. The zero-order valence-electron chi connectivity index (χ0n) is 24.7. The van der Waals surface area contributed by atoms with Gasteiger partial charge in [-0.1, -0.05) is 29.5 Å². The van der Waals surface area contributed by atoms with Crippen molar-refractivity contribution in [3.63, 3.8) is 0 Å². The number of halogens is 4. The highest BCUT2D eigenvalue weighted by atomic mass is 32.2. The number of ether oxygens (including phenoxy) is 1. The van der Waals surface area contributed by atoms with E-state index in [4.69, 9.17) is 4.74 Å². The second-order valence-electron chi connectivity index (χ2n) is 12.4. The van der Waals surface area contributed by atoms with Crippen LogP contribution in [0.4, 0.5) is 28.9 Å². The SMILES string of the molecule is O=C(COc1cccc([C@H]2c3sc(=O)[nH]c3SC3C2[C@H]2C[C@@H]3C3C(=O)N(c4cccc(C(F)(F)F)c4)C(=O)C32)c1)Nc1ccc(F)cc1. The first kappa shape index (κ1) is 30.9. The van der Waals surface area contributed by atoms with Gasteiger partial charge in [0.05, 0.1) is 28.1 Å². The molecule has 8 rings (SSSR count). The Balaban J connectivity index is 1.08. The van der Waals surface area contributed by atoms with E-state index in [0.29, 0.717) is 22.9 Å². The second kappa shape index (κ2) is 11.3. The van der Waals surface area contributed by atoms with Crippen molar-refractivity contribution < 1.29 is 36.7 Å². The molecule has 7 atom stereocenters. The van der Waals surface area contributed by atoms with Gasteiger partial charge in [-0.05, 0) is 84.3 Å². The molecule has 1 saturated heterocycles. The van der Waals surface area contributed by atoms with Crippen molar-refractivity contribution in [3.8, 4) is 5.75 Å². The van der Waals surface area contributed by atoms with Gasteiger partial charge in [0, 0.05) is 21.7 Å². The maximum Gasteiger partial charge on any atom is 0.416 e. The van der Waals surface area contributed by atoms with E-state index < -0.39 is 47.1 Å². The largest absolute Gasteiger partial charge is 0.484 e. The Morgan fingerprint density at radius 3 is 2.44 bits per heavy atom. The van der Waals surface area contributed by atoms with Gasteiger partial charge in [-0.2, -0.15) is 13.2 Å². The molecule has 4 aromatic rings. The number of fused-ring (bicyclic) bond motifs is 9. The number of hydrogen-bond acceptors (Lipinski definition) is 7. The number of aromatic nitrogens is 1. The number of benzene rings is 3. The van der Waals surface area contributed by atoms with Gasteiger partial charge in [-0.3, -0.25) is 24.1 Å². The molecule has 14 heteroatoms. The zero-order chi connectivity index (χ0) is 33.5. The highest BCUT2D eigenvalue weighted by molar-refractivity contribution is 8.00. The van der Waals surface area contributed by atoms with Crippen molar-refractivity contribution in [2.75, 3.05) is 16.8 Å². The van der Waals surface area contributed by atoms with E-state index in [0.717, 1.165) is 38.8 Å². The molecule has 3 aromatic carbocycles. The van der Waals surface area contributed by atoms with E-state index >= 15 is 0 Å². The molecule has 2 N–H and O–H groups in total. The minimum atomic E-state index is -4.63. The maximum absolute atomic E-state index is 14.0. The van der Waals surface area contributed by atoms with Crippen molar-refractivity contribution in [1.29, 1.82) is 0 Å². The summed E-state index contributed by atoms with van der Waals surface area (Å²) in [5.41, 5.74) is 0.209. The molecule has 2 aliphatic carbocycles. The molecule has 3 amide bonds. The van der Waals surface area contributed by atoms with E-state index in [1.54, 1.807) is 18.2 Å². The minimum absolute atomic E-state index is 0.0856. The van der Waals surface area contributed by atoms with Crippen LogP contribution in [0.5, 0.6) is 5.75 Å². The van der Waals surface area contributed by atoms with Crippen LogP contribution < -0.4 is 19.8 Å². The third-order valence-corrected chi connectivity index (χ3v) is 12.5. The smallest absolute Gasteiger partial charge is 0.416 e. The van der Waals surface area contributed by atoms with Crippen LogP contribution in [0.25, 0.3) is 0 Å². The molecule has 2 saturated carbocycles. The summed E-state index contributed by atoms with van der Waals surface area (Å²) in [6.45, 7) is -0.313. The highest BCUT2D eigenvalue weighted by Gasteiger charge is 2.69. The summed E-state index contributed by atoms with van der Waals surface area (Å²) in [5, 5.41) is 3.23. The summed E-state index contributed by atoms with van der Waals surface area (Å²) in [4.78, 5) is 57.4. The van der Waals surface area contributed by atoms with Gasteiger partial charge in [-0.15, -0.1) is 11.8 Å². The molecule has 0 radical (unpaired) electrons. The molecule has 4 unspecified atom stereocenters. The van der Waals surface area contributed by atoms with Gasteiger partial charge in [0.15, 0.2) is 6.61 Å². The van der Waals surface area contributed by atoms with Crippen LogP contribution in [-0.2, 0) is 20.6 Å². The number of nitrogens with one attached hydrogen (secondary N) is 2. The van der Waals surface area contributed by atoms with Crippen LogP contribution in [0.3, 0.4) is 0 Å². The number of alkyl halides is 3. The Labute approximate surface area is 278 Å². The van der Waals surface area contributed by atoms with Crippen molar-refractivity contribution in [1.82, 2.24) is 4.98 Å². The number of carbonyl (C=O) groups is 3. The summed E-state index contributed by atoms with van der Waals surface area (Å²) < 4.78 is 59.6. The lowest BCUT2D eigenvalue weighted by Crippen LogP contribution is -2.42. The fraction of sp³-hybridized carbons (Fsp3) is 0.294. The van der Waals surface area contributed by atoms with Gasteiger partial charge >= 0.3 is 11.0 Å². The lowest BCUT2D eigenvalue weighted by Gasteiger charge is -2.43. The monoisotopic (exact) mass is 695 g/mol. The van der Waals surface area contributed by atoms with Gasteiger partial charge in [-0.25, -0.2) is 4.39 Å². The summed E-state index contributed by atoms with van der Waals surface area (Å²) in [5.74, 6) is -3.71. The third kappa shape index (κ3) is 5.04. The molecule has 3 fully saturated rings. The lowest BCUT2D eigenvalue weighted by molar-refractivity contribution is -0.137. The zero-order valence-corrected chi connectivity index (χ0v) is 26.3. The molecule has 48 heavy (non-hydrogen) atoms. The van der Waals surface area contributed by atoms with E-state index in [-0.39, 0.29) is 46.1 Å². The van der Waals surface area contributed by atoms with Crippen molar-refractivity contribution in [2.45, 2.75) is 28.8 Å². The summed E-state index contributed by atoms with van der Waals surface area (Å²) in [6, 6.07) is 16.8. The molecule has 2 bridgehead atoms. The number of thiazole rings is 1. The predicted molar refractivity (Wildman–Crippen MR) is 169 cm³/mol. The lowest BCUT2D eigenvalue weighted by atomic mass is 9.68. The first-order chi connectivity index (χ1) is 23.0. The normalized spacial score (nSPS) is 27.1. The van der Waals surface area contributed by atoms with Gasteiger partial charge in [0.25, 0.3) is 5.91 Å². The molecule has 246 valence electrons. The van der Waals surface area contributed by atoms with E-state index in [2.05, 4.69) is 10.3 Å². The van der Waals surface area contributed by atoms with Crippen LogP contribution in [0.15, 0.2) is 82.6 Å². The Bertz CT molecular complexity index is 2030. The number of H-pyrrole nitrogens is 1. The molecule has 1 aromatic heterocycles. The number of amides is 3. The Morgan fingerprint density at radius 2 is 1.69 bits per heavy atom. The number of anilines is 2. The van der Waals surface area contributed by atoms with Crippen molar-refractivity contribution in [3.05, 3.63) is 104 Å². The average Bonchev–Trinajstić information content (AvgIpc) is 3.79. The van der Waals surface area contributed by atoms with Crippen molar-refractivity contribution >= 4 is 52.2 Å². The number of nitrogens with zero attached hydrogens (tertiary/aromatic N) is 1. The Hall–Kier alpha value is -4.43. The molecular formula is C34H25F4N3O5S2. The van der Waals surface area contributed by atoms with Crippen LogP contribution in [0.2, 0.25) is 0 Å². The van der Waals surface area contributed by atoms with E-state index in [1.807, 2.05) is 6.07 Å². The van der Waals surface area contributed by atoms with E-state index in [1.165, 1.54) is 48.2 Å². The molecule has 2 aliphatic heterocycles. The number of thioether (sulfide) groups is 1. The van der Waals surface area contributed by atoms with Crippen LogP contribution in [0.1, 0.15) is 28.3 Å². The fourth-order valence-electron chi connectivity index (χ4n) is 8.14. The molecule has 8 nitrogen and oxygen atoms in total. The quantitative estimate of drug-likeness (QED) is 0.181. The molecular weight excluding hydrogens is 671 g/mol. The predicted octanol–water partition coefficient (Wildman–Crippen LogP) is 6.29. The second-order valence-corrected chi connectivity index (χ2v) is 14.6. The van der Waals surface area contributed by atoms with Gasteiger partial charge in [0.2, 0.25) is 11.8 Å².